The van der Waals surface area contributed by atoms with Gasteiger partial charge >= 0.3 is 6.18 Å². The van der Waals surface area contributed by atoms with E-state index in [1.807, 2.05) is 0 Å². The third-order valence-electron chi connectivity index (χ3n) is 6.85. The van der Waals surface area contributed by atoms with Crippen LogP contribution in [0.5, 0.6) is 0 Å². The lowest BCUT2D eigenvalue weighted by Gasteiger charge is -2.35. The molecular weight excluding hydrogens is 412 g/mol. The number of likely N-dealkylation sites (tertiary alicyclic amines) is 1. The van der Waals surface area contributed by atoms with E-state index in [2.05, 4.69) is 21.6 Å². The summed E-state index contributed by atoms with van der Waals surface area (Å²) >= 11 is 0. The average Bonchev–Trinajstić information content (AvgIpc) is 3.23. The number of nitrogens with zero attached hydrogens (tertiary/aromatic N) is 5. The fourth-order valence-corrected chi connectivity index (χ4v) is 5.38. The summed E-state index contributed by atoms with van der Waals surface area (Å²) < 4.78 is 55.1. The molecule has 0 radical (unpaired) electrons. The Balaban J connectivity index is 1.39. The van der Waals surface area contributed by atoms with Crippen LogP contribution >= 0.6 is 0 Å². The maximum atomic E-state index is 14.6. The lowest BCUT2D eigenvalue weighted by molar-refractivity contribution is -0.137. The molecule has 1 aromatic carbocycles. The van der Waals surface area contributed by atoms with Crippen LogP contribution in [0, 0.1) is 29.1 Å². The molecule has 3 heterocycles. The number of fused-ring (bicyclic) bond motifs is 3. The summed E-state index contributed by atoms with van der Waals surface area (Å²) in [6, 6.07) is 2.89. The second-order valence-electron chi connectivity index (χ2n) is 8.72. The second kappa shape index (κ2) is 7.39. The van der Waals surface area contributed by atoms with Gasteiger partial charge in [0.05, 0.1) is 5.56 Å². The standard InChI is InChI=1S/C21H22F4N6/c22-17-8-14(21(23,24)25)5-6-15(17)16-2-1-7-31-19(16)28-20(29-31)27-18-12-3-4-13(18)10-30(9-12)11-26/h5-6,8,12-13,16,18H,1-4,7,9-10H2,(H,27,29)/t12-,13+,16?,18-. The van der Waals surface area contributed by atoms with Crippen molar-refractivity contribution in [2.75, 3.05) is 18.4 Å². The number of hydrogen-bond donors (Lipinski definition) is 1. The van der Waals surface area contributed by atoms with Gasteiger partial charge in [-0.25, -0.2) is 9.07 Å². The first-order valence-corrected chi connectivity index (χ1v) is 10.6. The maximum Gasteiger partial charge on any atom is 0.416 e. The van der Waals surface area contributed by atoms with E-state index in [9.17, 15) is 22.8 Å². The van der Waals surface area contributed by atoms with Gasteiger partial charge in [-0.2, -0.15) is 23.4 Å². The van der Waals surface area contributed by atoms with Gasteiger partial charge in [0.1, 0.15) is 11.6 Å². The number of hydrogen-bond acceptors (Lipinski definition) is 5. The number of nitrogens with one attached hydrogen (secondary N) is 1. The summed E-state index contributed by atoms with van der Waals surface area (Å²) in [6.45, 7) is 2.08. The predicted molar refractivity (Wildman–Crippen MR) is 103 cm³/mol. The van der Waals surface area contributed by atoms with Crippen LogP contribution in [0.15, 0.2) is 18.2 Å². The number of alkyl halides is 3. The highest BCUT2D eigenvalue weighted by Crippen LogP contribution is 2.40. The molecule has 0 spiro atoms. The molecule has 5 rings (SSSR count). The number of benzene rings is 1. The lowest BCUT2D eigenvalue weighted by atomic mass is 9.90. The number of aryl methyl sites for hydroxylation is 1. The molecule has 31 heavy (non-hydrogen) atoms. The van der Waals surface area contributed by atoms with E-state index >= 15 is 0 Å². The minimum atomic E-state index is -4.58. The summed E-state index contributed by atoms with van der Waals surface area (Å²) in [4.78, 5) is 6.43. The molecule has 2 bridgehead atoms. The fourth-order valence-electron chi connectivity index (χ4n) is 5.38. The normalized spacial score (nSPS) is 27.6. The Labute approximate surface area is 176 Å². The maximum absolute atomic E-state index is 14.6. The summed E-state index contributed by atoms with van der Waals surface area (Å²) in [5.74, 6) is 0.448. The third-order valence-corrected chi connectivity index (χ3v) is 6.85. The van der Waals surface area contributed by atoms with Gasteiger partial charge in [-0.05, 0) is 55.2 Å². The van der Waals surface area contributed by atoms with E-state index in [1.54, 1.807) is 9.58 Å². The molecule has 3 aliphatic rings. The minimum absolute atomic E-state index is 0.190. The smallest absolute Gasteiger partial charge is 0.350 e. The van der Waals surface area contributed by atoms with Crippen molar-refractivity contribution >= 4 is 5.95 Å². The van der Waals surface area contributed by atoms with E-state index < -0.39 is 23.5 Å². The summed E-state index contributed by atoms with van der Waals surface area (Å²) in [6.07, 6.45) is 1.10. The van der Waals surface area contributed by atoms with Gasteiger partial charge in [-0.3, -0.25) is 0 Å². The van der Waals surface area contributed by atoms with Crippen molar-refractivity contribution in [3.8, 4) is 6.19 Å². The highest BCUT2D eigenvalue weighted by Gasteiger charge is 2.42. The molecule has 0 amide bonds. The predicted octanol–water partition coefficient (Wildman–Crippen LogP) is 3.97. The van der Waals surface area contributed by atoms with Crippen LogP contribution in [0.3, 0.4) is 0 Å². The Bertz CT molecular complexity index is 1010. The van der Waals surface area contributed by atoms with E-state index in [-0.39, 0.29) is 11.6 Å². The Morgan fingerprint density at radius 3 is 2.52 bits per heavy atom. The molecule has 1 saturated heterocycles. The molecule has 2 fully saturated rings. The molecule has 10 heteroatoms. The molecular formula is C21H22F4N6. The van der Waals surface area contributed by atoms with Gasteiger partial charge in [0.2, 0.25) is 5.95 Å². The van der Waals surface area contributed by atoms with Crippen LogP contribution in [0.1, 0.15) is 48.6 Å². The van der Waals surface area contributed by atoms with Gasteiger partial charge in [0.15, 0.2) is 6.19 Å². The van der Waals surface area contributed by atoms with Crippen molar-refractivity contribution in [2.24, 2.45) is 11.8 Å². The third kappa shape index (κ3) is 3.60. The molecule has 164 valence electrons. The topological polar surface area (TPSA) is 69.8 Å². The van der Waals surface area contributed by atoms with Crippen molar-refractivity contribution < 1.29 is 17.6 Å². The number of halogens is 4. The van der Waals surface area contributed by atoms with Crippen LogP contribution in [-0.2, 0) is 12.7 Å². The number of rotatable bonds is 3. The molecule has 2 aromatic rings. The average molecular weight is 434 g/mol. The van der Waals surface area contributed by atoms with Crippen molar-refractivity contribution in [1.82, 2.24) is 19.7 Å². The molecule has 1 aliphatic carbocycles. The Hall–Kier alpha value is -2.83. The number of piperidine rings is 1. The van der Waals surface area contributed by atoms with Crippen LogP contribution in [0.2, 0.25) is 0 Å². The number of anilines is 1. The first kappa shape index (κ1) is 20.1. The SMILES string of the molecule is N#CN1C[C@H]2CC[C@@H](C1)[C@@H]2Nc1nc2n(n1)CCCC2c1ccc(C(F)(F)F)cc1F. The van der Waals surface area contributed by atoms with Gasteiger partial charge in [0.25, 0.3) is 0 Å². The molecule has 1 aromatic heterocycles. The monoisotopic (exact) mass is 434 g/mol. The fraction of sp³-hybridized carbons (Fsp3) is 0.571. The molecule has 1 saturated carbocycles. The van der Waals surface area contributed by atoms with Crippen LogP contribution in [0.4, 0.5) is 23.5 Å². The quantitative estimate of drug-likeness (QED) is 0.585. The van der Waals surface area contributed by atoms with Crippen LogP contribution < -0.4 is 5.32 Å². The van der Waals surface area contributed by atoms with E-state index in [1.165, 1.54) is 6.07 Å². The zero-order chi connectivity index (χ0) is 21.8. The number of nitriles is 1. The largest absolute Gasteiger partial charge is 0.416 e. The summed E-state index contributed by atoms with van der Waals surface area (Å²) in [5.41, 5.74) is -0.775. The first-order chi connectivity index (χ1) is 14.8. The zero-order valence-electron chi connectivity index (χ0n) is 16.7. The van der Waals surface area contributed by atoms with Crippen molar-refractivity contribution in [3.05, 3.63) is 41.0 Å². The molecule has 1 N–H and O–H groups in total. The summed E-state index contributed by atoms with van der Waals surface area (Å²) in [7, 11) is 0. The Morgan fingerprint density at radius 1 is 1.13 bits per heavy atom. The van der Waals surface area contributed by atoms with E-state index in [4.69, 9.17) is 0 Å². The van der Waals surface area contributed by atoms with Crippen LogP contribution in [-0.4, -0.2) is 38.8 Å². The summed E-state index contributed by atoms with van der Waals surface area (Å²) in [5, 5.41) is 17.2. The van der Waals surface area contributed by atoms with E-state index in [0.717, 1.165) is 38.4 Å². The molecule has 1 unspecified atom stereocenters. The highest BCUT2D eigenvalue weighted by molar-refractivity contribution is 5.36. The lowest BCUT2D eigenvalue weighted by Crippen LogP contribution is -2.46. The Morgan fingerprint density at radius 2 is 1.87 bits per heavy atom. The van der Waals surface area contributed by atoms with Crippen molar-refractivity contribution in [3.63, 3.8) is 0 Å². The second-order valence-corrected chi connectivity index (χ2v) is 8.72. The first-order valence-electron chi connectivity index (χ1n) is 10.6. The van der Waals surface area contributed by atoms with E-state index in [0.29, 0.717) is 42.6 Å². The van der Waals surface area contributed by atoms with Gasteiger partial charge in [-0.15, -0.1) is 5.10 Å². The number of aromatic nitrogens is 3. The molecule has 2 aliphatic heterocycles. The van der Waals surface area contributed by atoms with Gasteiger partial charge < -0.3 is 10.2 Å². The Kier molecular flexibility index (Phi) is 4.79. The van der Waals surface area contributed by atoms with Crippen molar-refractivity contribution in [1.29, 1.82) is 5.26 Å². The van der Waals surface area contributed by atoms with Gasteiger partial charge in [0, 0.05) is 31.6 Å². The highest BCUT2D eigenvalue weighted by atomic mass is 19.4. The van der Waals surface area contributed by atoms with Gasteiger partial charge in [-0.1, -0.05) is 6.07 Å². The zero-order valence-corrected chi connectivity index (χ0v) is 16.7. The van der Waals surface area contributed by atoms with Crippen molar-refractivity contribution in [2.45, 2.75) is 50.4 Å². The minimum Gasteiger partial charge on any atom is -0.350 e. The molecule has 6 nitrogen and oxygen atoms in total. The molecule has 4 atom stereocenters. The van der Waals surface area contributed by atoms with Crippen LogP contribution in [0.25, 0.3) is 0 Å².